The smallest absolute Gasteiger partial charge is 0.326 e. The van der Waals surface area contributed by atoms with E-state index in [0.29, 0.717) is 6.42 Å². The number of carboxylic acids is 1. The summed E-state index contributed by atoms with van der Waals surface area (Å²) < 4.78 is 22.6. The van der Waals surface area contributed by atoms with Gasteiger partial charge in [-0.05, 0) is 11.8 Å². The van der Waals surface area contributed by atoms with E-state index in [1.165, 1.54) is 11.8 Å². The number of thioether (sulfide) groups is 1. The first-order valence-corrected chi connectivity index (χ1v) is 9.22. The first-order valence-electron chi connectivity index (χ1n) is 6.35. The lowest BCUT2D eigenvalue weighted by Gasteiger charge is -2.27. The zero-order valence-corrected chi connectivity index (χ0v) is 13.5. The molecular weight excluding hydrogens is 302 g/mol. The van der Waals surface area contributed by atoms with E-state index in [1.807, 2.05) is 0 Å². The Kier molecular flexibility index (Phi) is 5.48. The molecule has 0 aromatic carbocycles. The van der Waals surface area contributed by atoms with Gasteiger partial charge in [0.1, 0.15) is 6.04 Å². The lowest BCUT2D eigenvalue weighted by molar-refractivity contribution is -0.144. The second kappa shape index (κ2) is 6.34. The molecule has 2 unspecified atom stereocenters. The molecule has 0 radical (unpaired) electrons. The van der Waals surface area contributed by atoms with Crippen molar-refractivity contribution in [2.24, 2.45) is 5.41 Å². The van der Waals surface area contributed by atoms with Gasteiger partial charge in [-0.25, -0.2) is 13.2 Å². The molecule has 0 aromatic rings. The van der Waals surface area contributed by atoms with Crippen molar-refractivity contribution in [3.8, 4) is 0 Å². The zero-order chi connectivity index (χ0) is 15.6. The van der Waals surface area contributed by atoms with Gasteiger partial charge in [0.05, 0.1) is 17.3 Å². The molecule has 0 aliphatic carbocycles. The van der Waals surface area contributed by atoms with Crippen LogP contribution in [0.4, 0.5) is 0 Å². The molecule has 116 valence electrons. The first kappa shape index (κ1) is 17.3. The Morgan fingerprint density at radius 2 is 2.00 bits per heavy atom. The quantitative estimate of drug-likeness (QED) is 0.765. The van der Waals surface area contributed by atoms with Crippen LogP contribution in [-0.4, -0.2) is 54.0 Å². The lowest BCUT2D eigenvalue weighted by Crippen LogP contribution is -2.49. The largest absolute Gasteiger partial charge is 0.480 e. The third-order valence-electron chi connectivity index (χ3n) is 3.06. The number of sulfone groups is 1. The Balaban J connectivity index is 2.46. The third-order valence-corrected chi connectivity index (χ3v) is 6.34. The van der Waals surface area contributed by atoms with Crippen LogP contribution in [0.3, 0.4) is 0 Å². The Morgan fingerprint density at radius 3 is 2.40 bits per heavy atom. The Labute approximate surface area is 123 Å². The van der Waals surface area contributed by atoms with E-state index < -0.39 is 27.3 Å². The molecule has 1 saturated heterocycles. The van der Waals surface area contributed by atoms with E-state index in [1.54, 1.807) is 20.8 Å². The topological polar surface area (TPSA) is 101 Å². The van der Waals surface area contributed by atoms with Gasteiger partial charge in [0.15, 0.2) is 9.84 Å². The number of hydrogen-bond acceptors (Lipinski definition) is 5. The first-order chi connectivity index (χ1) is 9.01. The summed E-state index contributed by atoms with van der Waals surface area (Å²) in [7, 11) is -2.95. The van der Waals surface area contributed by atoms with Gasteiger partial charge in [-0.3, -0.25) is 4.79 Å². The highest BCUT2D eigenvalue weighted by atomic mass is 32.2. The van der Waals surface area contributed by atoms with Crippen LogP contribution in [0.25, 0.3) is 0 Å². The summed E-state index contributed by atoms with van der Waals surface area (Å²) in [5.74, 6) is -1.08. The van der Waals surface area contributed by atoms with Crippen molar-refractivity contribution in [1.82, 2.24) is 5.32 Å². The number of carboxylic acid groups (broad SMARTS) is 1. The van der Waals surface area contributed by atoms with E-state index in [2.05, 4.69) is 5.32 Å². The van der Waals surface area contributed by atoms with Gasteiger partial charge < -0.3 is 10.4 Å². The fourth-order valence-electron chi connectivity index (χ4n) is 1.94. The van der Waals surface area contributed by atoms with E-state index in [9.17, 15) is 18.0 Å². The van der Waals surface area contributed by atoms with Crippen LogP contribution in [-0.2, 0) is 19.4 Å². The third kappa shape index (κ3) is 5.32. The fourth-order valence-corrected chi connectivity index (χ4v) is 5.39. The van der Waals surface area contributed by atoms with Crippen molar-refractivity contribution in [2.45, 2.75) is 38.5 Å². The highest BCUT2D eigenvalue weighted by Gasteiger charge is 2.33. The van der Waals surface area contributed by atoms with Crippen LogP contribution in [0.2, 0.25) is 0 Å². The fraction of sp³-hybridized carbons (Fsp3) is 0.833. The minimum atomic E-state index is -2.95. The molecule has 2 atom stereocenters. The Bertz CT molecular complexity index is 481. The monoisotopic (exact) mass is 323 g/mol. The molecule has 1 aliphatic heterocycles. The maximum atomic E-state index is 11.8. The number of aliphatic carboxylic acids is 1. The molecule has 0 bridgehead atoms. The van der Waals surface area contributed by atoms with E-state index in [-0.39, 0.29) is 28.4 Å². The molecule has 6 nitrogen and oxygen atoms in total. The standard InChI is InChI=1S/C12H21NO5S2/c1-12(2,3)10(11(15)16)13-9(14)6-19-8-4-5-20(17,18)7-8/h8,10H,4-7H2,1-3H3,(H,13,14)(H,15,16). The normalized spacial score (nSPS) is 23.2. The van der Waals surface area contributed by atoms with Crippen molar-refractivity contribution in [2.75, 3.05) is 17.3 Å². The van der Waals surface area contributed by atoms with E-state index in [4.69, 9.17) is 5.11 Å². The summed E-state index contributed by atoms with van der Waals surface area (Å²) in [6.07, 6.45) is 0.557. The van der Waals surface area contributed by atoms with Gasteiger partial charge in [0, 0.05) is 5.25 Å². The molecule has 1 fully saturated rings. The molecule has 1 rings (SSSR count). The average molecular weight is 323 g/mol. The molecule has 0 aromatic heterocycles. The van der Waals surface area contributed by atoms with Gasteiger partial charge in [0.2, 0.25) is 5.91 Å². The minimum Gasteiger partial charge on any atom is -0.480 e. The molecule has 1 aliphatic rings. The lowest BCUT2D eigenvalue weighted by atomic mass is 9.87. The van der Waals surface area contributed by atoms with Gasteiger partial charge in [0.25, 0.3) is 0 Å². The molecule has 1 heterocycles. The molecule has 0 spiro atoms. The maximum absolute atomic E-state index is 11.8. The summed E-state index contributed by atoms with van der Waals surface area (Å²) in [5.41, 5.74) is -0.580. The molecule has 20 heavy (non-hydrogen) atoms. The number of carbonyl (C=O) groups is 2. The summed E-state index contributed by atoms with van der Waals surface area (Å²) in [5, 5.41) is 11.5. The number of amides is 1. The van der Waals surface area contributed by atoms with E-state index >= 15 is 0 Å². The molecule has 1 amide bonds. The van der Waals surface area contributed by atoms with Crippen molar-refractivity contribution < 1.29 is 23.1 Å². The zero-order valence-electron chi connectivity index (χ0n) is 11.9. The number of carbonyl (C=O) groups excluding carboxylic acids is 1. The van der Waals surface area contributed by atoms with Crippen molar-refractivity contribution >= 4 is 33.5 Å². The van der Waals surface area contributed by atoms with Crippen molar-refractivity contribution in [3.05, 3.63) is 0 Å². The highest BCUT2D eigenvalue weighted by molar-refractivity contribution is 8.02. The van der Waals surface area contributed by atoms with Gasteiger partial charge in [-0.2, -0.15) is 0 Å². The van der Waals surface area contributed by atoms with Crippen LogP contribution in [0, 0.1) is 5.41 Å². The van der Waals surface area contributed by atoms with Gasteiger partial charge in [-0.1, -0.05) is 20.8 Å². The Morgan fingerprint density at radius 1 is 1.40 bits per heavy atom. The van der Waals surface area contributed by atoms with Crippen molar-refractivity contribution in [3.63, 3.8) is 0 Å². The highest BCUT2D eigenvalue weighted by Crippen LogP contribution is 2.24. The second-order valence-electron chi connectivity index (χ2n) is 6.04. The van der Waals surface area contributed by atoms with Crippen LogP contribution in [0.15, 0.2) is 0 Å². The van der Waals surface area contributed by atoms with Crippen molar-refractivity contribution in [1.29, 1.82) is 0 Å². The molecule has 8 heteroatoms. The number of hydrogen-bond donors (Lipinski definition) is 2. The van der Waals surface area contributed by atoms with Crippen LogP contribution < -0.4 is 5.32 Å². The predicted octanol–water partition coefficient (Wildman–Crippen LogP) is 0.522. The number of nitrogens with one attached hydrogen (secondary N) is 1. The SMILES string of the molecule is CC(C)(C)C(NC(=O)CSC1CCS(=O)(=O)C1)C(=O)O. The maximum Gasteiger partial charge on any atom is 0.326 e. The summed E-state index contributed by atoms with van der Waals surface area (Å²) >= 11 is 1.27. The average Bonchev–Trinajstić information content (AvgIpc) is 2.61. The summed E-state index contributed by atoms with van der Waals surface area (Å²) in [6.45, 7) is 5.22. The summed E-state index contributed by atoms with van der Waals surface area (Å²) in [4.78, 5) is 22.9. The van der Waals surface area contributed by atoms with E-state index in [0.717, 1.165) is 0 Å². The number of rotatable bonds is 5. The van der Waals surface area contributed by atoms with Gasteiger partial charge >= 0.3 is 5.97 Å². The van der Waals surface area contributed by atoms with Crippen LogP contribution in [0.1, 0.15) is 27.2 Å². The van der Waals surface area contributed by atoms with Crippen LogP contribution >= 0.6 is 11.8 Å². The summed E-state index contributed by atoms with van der Waals surface area (Å²) in [6, 6.07) is -0.956. The van der Waals surface area contributed by atoms with Gasteiger partial charge in [-0.15, -0.1) is 11.8 Å². The molecule has 2 N–H and O–H groups in total. The second-order valence-corrected chi connectivity index (χ2v) is 9.56. The minimum absolute atomic E-state index is 0.0661. The molecule has 0 saturated carbocycles. The van der Waals surface area contributed by atoms with Crippen LogP contribution in [0.5, 0.6) is 0 Å². The molecular formula is C12H21NO5S2. The predicted molar refractivity (Wildman–Crippen MR) is 78.5 cm³/mol. The Hall–Kier alpha value is -0.760.